The van der Waals surface area contributed by atoms with Gasteiger partial charge in [-0.3, -0.25) is 0 Å². The SMILES string of the molecule is Cc1nnc(-c2ccccc2S(N)(=O)=O)s1. The van der Waals surface area contributed by atoms with Gasteiger partial charge in [0.25, 0.3) is 0 Å². The first-order valence-corrected chi connectivity index (χ1v) is 6.77. The number of hydrogen-bond acceptors (Lipinski definition) is 5. The van der Waals surface area contributed by atoms with E-state index < -0.39 is 10.0 Å². The molecule has 0 radical (unpaired) electrons. The van der Waals surface area contributed by atoms with Crippen molar-refractivity contribution in [2.75, 3.05) is 0 Å². The van der Waals surface area contributed by atoms with Gasteiger partial charge in [0.1, 0.15) is 10.0 Å². The van der Waals surface area contributed by atoms with Crippen LogP contribution in [0, 0.1) is 6.92 Å². The minimum atomic E-state index is -3.73. The van der Waals surface area contributed by atoms with Crippen LogP contribution in [0.3, 0.4) is 0 Å². The maximum absolute atomic E-state index is 11.4. The topological polar surface area (TPSA) is 85.9 Å². The normalized spacial score (nSPS) is 11.6. The van der Waals surface area contributed by atoms with Crippen molar-refractivity contribution in [2.45, 2.75) is 11.8 Å². The predicted molar refractivity (Wildman–Crippen MR) is 61.5 cm³/mol. The third kappa shape index (κ3) is 2.11. The zero-order valence-electron chi connectivity index (χ0n) is 8.41. The molecule has 0 bridgehead atoms. The molecule has 0 atom stereocenters. The summed E-state index contributed by atoms with van der Waals surface area (Å²) in [7, 11) is -3.73. The van der Waals surface area contributed by atoms with Crippen LogP contribution in [0.4, 0.5) is 0 Å². The maximum atomic E-state index is 11.4. The number of nitrogens with zero attached hydrogens (tertiary/aromatic N) is 2. The number of benzene rings is 1. The van der Waals surface area contributed by atoms with Gasteiger partial charge in [-0.2, -0.15) is 0 Å². The number of aromatic nitrogens is 2. The highest BCUT2D eigenvalue weighted by Crippen LogP contribution is 2.28. The molecule has 0 saturated carbocycles. The number of sulfonamides is 1. The van der Waals surface area contributed by atoms with Crippen molar-refractivity contribution in [3.63, 3.8) is 0 Å². The predicted octanol–water partition coefficient (Wildman–Crippen LogP) is 1.16. The molecule has 0 aliphatic rings. The van der Waals surface area contributed by atoms with Gasteiger partial charge in [0.15, 0.2) is 0 Å². The molecule has 0 unspecified atom stereocenters. The van der Waals surface area contributed by atoms with Crippen molar-refractivity contribution in [1.82, 2.24) is 10.2 Å². The molecule has 1 aromatic carbocycles. The lowest BCUT2D eigenvalue weighted by atomic mass is 10.2. The van der Waals surface area contributed by atoms with Crippen molar-refractivity contribution in [3.05, 3.63) is 29.3 Å². The number of nitrogens with two attached hydrogens (primary N) is 1. The number of primary sulfonamides is 1. The highest BCUT2D eigenvalue weighted by Gasteiger charge is 2.16. The van der Waals surface area contributed by atoms with Gasteiger partial charge >= 0.3 is 0 Å². The molecule has 2 aromatic rings. The Kier molecular flexibility index (Phi) is 2.75. The number of rotatable bonds is 2. The minimum absolute atomic E-state index is 0.0751. The molecule has 7 heteroatoms. The molecule has 0 fully saturated rings. The summed E-state index contributed by atoms with van der Waals surface area (Å²) in [4.78, 5) is 0.0751. The molecule has 0 spiro atoms. The summed E-state index contributed by atoms with van der Waals surface area (Å²) in [5, 5.41) is 14.2. The summed E-state index contributed by atoms with van der Waals surface area (Å²) in [6.07, 6.45) is 0. The lowest BCUT2D eigenvalue weighted by Gasteiger charge is -2.03. The van der Waals surface area contributed by atoms with Gasteiger partial charge in [0, 0.05) is 5.56 Å². The first-order valence-electron chi connectivity index (χ1n) is 4.41. The van der Waals surface area contributed by atoms with Crippen LogP contribution in [0.25, 0.3) is 10.6 Å². The third-order valence-corrected chi connectivity index (χ3v) is 3.79. The molecular weight excluding hydrogens is 246 g/mol. The van der Waals surface area contributed by atoms with Gasteiger partial charge in [-0.15, -0.1) is 10.2 Å². The van der Waals surface area contributed by atoms with Gasteiger partial charge in [0.2, 0.25) is 10.0 Å². The van der Waals surface area contributed by atoms with E-state index in [0.29, 0.717) is 10.6 Å². The molecule has 5 nitrogen and oxygen atoms in total. The Hall–Kier alpha value is -1.31. The number of aryl methyl sites for hydroxylation is 1. The van der Waals surface area contributed by atoms with E-state index in [2.05, 4.69) is 10.2 Å². The second-order valence-corrected chi connectivity index (χ2v) is 5.88. The fourth-order valence-electron chi connectivity index (χ4n) is 1.30. The number of hydrogen-bond donors (Lipinski definition) is 1. The highest BCUT2D eigenvalue weighted by molar-refractivity contribution is 7.89. The zero-order chi connectivity index (χ0) is 11.8. The van der Waals surface area contributed by atoms with Gasteiger partial charge in [-0.05, 0) is 13.0 Å². The first-order chi connectivity index (χ1) is 7.48. The molecular formula is C9H9N3O2S2. The molecule has 0 aliphatic heterocycles. The van der Waals surface area contributed by atoms with E-state index in [4.69, 9.17) is 5.14 Å². The fraction of sp³-hybridized carbons (Fsp3) is 0.111. The van der Waals surface area contributed by atoms with Gasteiger partial charge in [0.05, 0.1) is 4.90 Å². The highest BCUT2D eigenvalue weighted by atomic mass is 32.2. The minimum Gasteiger partial charge on any atom is -0.225 e. The summed E-state index contributed by atoms with van der Waals surface area (Å²) >= 11 is 1.33. The van der Waals surface area contributed by atoms with Crippen molar-refractivity contribution >= 4 is 21.4 Å². The summed E-state index contributed by atoms with van der Waals surface area (Å²) in [5.74, 6) is 0. The smallest absolute Gasteiger partial charge is 0.225 e. The van der Waals surface area contributed by atoms with Crippen LogP contribution in [0.2, 0.25) is 0 Å². The second-order valence-electron chi connectivity index (χ2n) is 3.17. The van der Waals surface area contributed by atoms with Gasteiger partial charge in [-0.1, -0.05) is 29.5 Å². The van der Waals surface area contributed by atoms with E-state index in [1.54, 1.807) is 25.1 Å². The van der Waals surface area contributed by atoms with Crippen LogP contribution in [-0.4, -0.2) is 18.6 Å². The van der Waals surface area contributed by atoms with E-state index in [1.807, 2.05) is 0 Å². The van der Waals surface area contributed by atoms with Crippen molar-refractivity contribution < 1.29 is 8.42 Å². The fourth-order valence-corrected chi connectivity index (χ4v) is 2.83. The zero-order valence-corrected chi connectivity index (χ0v) is 10.0. The molecule has 0 amide bonds. The van der Waals surface area contributed by atoms with E-state index in [9.17, 15) is 8.42 Å². The molecule has 2 N–H and O–H groups in total. The first kappa shape index (κ1) is 11.2. The van der Waals surface area contributed by atoms with Crippen LogP contribution in [-0.2, 0) is 10.0 Å². The Morgan fingerprint density at radius 2 is 1.94 bits per heavy atom. The Labute approximate surface area is 97.0 Å². The molecule has 16 heavy (non-hydrogen) atoms. The summed E-state index contributed by atoms with van der Waals surface area (Å²) in [5.41, 5.74) is 0.496. The van der Waals surface area contributed by atoms with Crippen molar-refractivity contribution in [1.29, 1.82) is 0 Å². The summed E-state index contributed by atoms with van der Waals surface area (Å²) < 4.78 is 22.7. The molecule has 2 rings (SSSR count). The van der Waals surface area contributed by atoms with Crippen LogP contribution in [0.5, 0.6) is 0 Å². The van der Waals surface area contributed by atoms with Crippen LogP contribution < -0.4 is 5.14 Å². The quantitative estimate of drug-likeness (QED) is 0.872. The van der Waals surface area contributed by atoms with Crippen molar-refractivity contribution in [3.8, 4) is 10.6 Å². The Morgan fingerprint density at radius 1 is 1.25 bits per heavy atom. The molecule has 1 aromatic heterocycles. The lowest BCUT2D eigenvalue weighted by Crippen LogP contribution is -2.13. The van der Waals surface area contributed by atoms with E-state index >= 15 is 0 Å². The maximum Gasteiger partial charge on any atom is 0.238 e. The van der Waals surface area contributed by atoms with E-state index in [-0.39, 0.29) is 4.90 Å². The molecule has 1 heterocycles. The average Bonchev–Trinajstić information content (AvgIpc) is 2.64. The Morgan fingerprint density at radius 3 is 2.50 bits per heavy atom. The van der Waals surface area contributed by atoms with Crippen LogP contribution >= 0.6 is 11.3 Å². The standard InChI is InChI=1S/C9H9N3O2S2/c1-6-11-12-9(15-6)7-4-2-3-5-8(7)16(10,13)14/h2-5H,1H3,(H2,10,13,14). The van der Waals surface area contributed by atoms with Gasteiger partial charge < -0.3 is 0 Å². The molecule has 0 aliphatic carbocycles. The molecule has 84 valence electrons. The second kappa shape index (κ2) is 3.93. The third-order valence-electron chi connectivity index (χ3n) is 1.95. The Balaban J connectivity index is 2.66. The molecule has 0 saturated heterocycles. The average molecular weight is 255 g/mol. The largest absolute Gasteiger partial charge is 0.238 e. The van der Waals surface area contributed by atoms with E-state index in [1.165, 1.54) is 17.4 Å². The Bertz CT molecular complexity index is 619. The summed E-state index contributed by atoms with van der Waals surface area (Å²) in [6.45, 7) is 1.81. The van der Waals surface area contributed by atoms with E-state index in [0.717, 1.165) is 5.01 Å². The van der Waals surface area contributed by atoms with Crippen LogP contribution in [0.1, 0.15) is 5.01 Å². The van der Waals surface area contributed by atoms with Crippen LogP contribution in [0.15, 0.2) is 29.2 Å². The van der Waals surface area contributed by atoms with Gasteiger partial charge in [-0.25, -0.2) is 13.6 Å². The monoisotopic (exact) mass is 255 g/mol. The van der Waals surface area contributed by atoms with Crippen molar-refractivity contribution in [2.24, 2.45) is 5.14 Å². The summed E-state index contributed by atoms with van der Waals surface area (Å²) in [6, 6.07) is 6.49. The lowest BCUT2D eigenvalue weighted by molar-refractivity contribution is 0.598.